The summed E-state index contributed by atoms with van der Waals surface area (Å²) in [6, 6.07) is 0. The second-order valence-corrected chi connectivity index (χ2v) is 2.87. The fourth-order valence-electron chi connectivity index (χ4n) is 0. The van der Waals surface area contributed by atoms with Gasteiger partial charge in [0.15, 0.2) is 0 Å². The van der Waals surface area contributed by atoms with E-state index in [4.69, 9.17) is 5.11 Å². The first-order chi connectivity index (χ1) is 2.94. The molecular formula is C2HBrClFO2. The van der Waals surface area contributed by atoms with Crippen molar-refractivity contribution in [2.24, 2.45) is 0 Å². The lowest BCUT2D eigenvalue weighted by Gasteiger charge is -1.98. The Bertz CT molecular complexity index is 88.2. The Morgan fingerprint density at radius 2 is 2.14 bits per heavy atom. The van der Waals surface area contributed by atoms with Crippen molar-refractivity contribution in [2.45, 2.75) is 4.04 Å². The maximum absolute atomic E-state index is 11.6. The zero-order valence-electron chi connectivity index (χ0n) is 2.99. The third-order valence-electron chi connectivity index (χ3n) is 0.243. The van der Waals surface area contributed by atoms with E-state index in [-0.39, 0.29) is 0 Å². The first kappa shape index (κ1) is 7.17. The average molecular weight is 191 g/mol. The first-order valence-electron chi connectivity index (χ1n) is 1.24. The Morgan fingerprint density at radius 3 is 2.14 bits per heavy atom. The van der Waals surface area contributed by atoms with Crippen LogP contribution in [-0.4, -0.2) is 15.1 Å². The summed E-state index contributed by atoms with van der Waals surface area (Å²) in [7, 11) is 0. The normalized spacial score (nSPS) is 18.1. The van der Waals surface area contributed by atoms with Crippen LogP contribution in [0.3, 0.4) is 0 Å². The highest BCUT2D eigenvalue weighted by molar-refractivity contribution is 9.10. The van der Waals surface area contributed by atoms with Crippen LogP contribution in [0.25, 0.3) is 0 Å². The molecule has 0 amide bonds. The SMILES string of the molecule is O=C(O)[C@@](F)(Cl)Br. The number of rotatable bonds is 1. The van der Waals surface area contributed by atoms with Crippen LogP contribution in [0, 0.1) is 0 Å². The molecule has 0 unspecified atom stereocenters. The van der Waals surface area contributed by atoms with E-state index in [9.17, 15) is 9.18 Å². The standard InChI is InChI=1S/C2HBrClFO2/c3-2(4,5)1(6)7/h(H,6,7)/t2-/m0/s1. The predicted octanol–water partition coefficient (Wildman–Crippen LogP) is 1.33. The van der Waals surface area contributed by atoms with Gasteiger partial charge in [-0.1, -0.05) is 11.6 Å². The molecule has 0 saturated heterocycles. The Balaban J connectivity index is 3.79. The number of carboxylic acids is 1. The van der Waals surface area contributed by atoms with Gasteiger partial charge in [-0.3, -0.25) is 0 Å². The van der Waals surface area contributed by atoms with Crippen molar-refractivity contribution >= 4 is 33.5 Å². The van der Waals surface area contributed by atoms with Gasteiger partial charge in [-0.2, -0.15) is 0 Å². The van der Waals surface area contributed by atoms with E-state index in [1.165, 1.54) is 0 Å². The van der Waals surface area contributed by atoms with Gasteiger partial charge < -0.3 is 5.11 Å². The summed E-state index contributed by atoms with van der Waals surface area (Å²) in [5.41, 5.74) is 0. The van der Waals surface area contributed by atoms with Crippen molar-refractivity contribution in [3.63, 3.8) is 0 Å². The monoisotopic (exact) mass is 190 g/mol. The van der Waals surface area contributed by atoms with Crippen molar-refractivity contribution in [3.8, 4) is 0 Å². The van der Waals surface area contributed by atoms with Crippen LogP contribution in [0.2, 0.25) is 0 Å². The van der Waals surface area contributed by atoms with Crippen LogP contribution in [0.1, 0.15) is 0 Å². The second kappa shape index (κ2) is 1.96. The molecule has 0 aromatic heterocycles. The van der Waals surface area contributed by atoms with Crippen LogP contribution in [0.4, 0.5) is 4.39 Å². The fourth-order valence-corrected chi connectivity index (χ4v) is 0. The molecule has 42 valence electrons. The molecule has 0 aliphatic rings. The average Bonchev–Trinajstić information content (AvgIpc) is 1.31. The molecule has 0 spiro atoms. The van der Waals surface area contributed by atoms with E-state index in [0.29, 0.717) is 0 Å². The van der Waals surface area contributed by atoms with Crippen LogP contribution in [0.5, 0.6) is 0 Å². The molecule has 0 aromatic carbocycles. The van der Waals surface area contributed by atoms with Crippen LogP contribution in [-0.2, 0) is 4.79 Å². The number of halogens is 3. The predicted molar refractivity (Wildman–Crippen MR) is 26.3 cm³/mol. The molecule has 0 aliphatic carbocycles. The molecule has 2 nitrogen and oxygen atoms in total. The van der Waals surface area contributed by atoms with Gasteiger partial charge >= 0.3 is 10.0 Å². The van der Waals surface area contributed by atoms with Crippen LogP contribution < -0.4 is 0 Å². The topological polar surface area (TPSA) is 37.3 Å². The second-order valence-electron chi connectivity index (χ2n) is 0.803. The third-order valence-corrected chi connectivity index (χ3v) is 0.743. The number of hydrogen-bond acceptors (Lipinski definition) is 1. The minimum absolute atomic E-state index is 1.74. The van der Waals surface area contributed by atoms with E-state index >= 15 is 0 Å². The molecule has 0 radical (unpaired) electrons. The number of carbonyl (C=O) groups is 1. The van der Waals surface area contributed by atoms with Crippen molar-refractivity contribution in [3.05, 3.63) is 0 Å². The van der Waals surface area contributed by atoms with Crippen molar-refractivity contribution in [1.29, 1.82) is 0 Å². The zero-order chi connectivity index (χ0) is 6.08. The minimum Gasteiger partial charge on any atom is -0.477 e. The maximum atomic E-state index is 11.6. The van der Waals surface area contributed by atoms with Crippen LogP contribution in [0.15, 0.2) is 0 Å². The molecular weight excluding hydrogens is 190 g/mol. The number of hydrogen-bond donors (Lipinski definition) is 1. The van der Waals surface area contributed by atoms with Gasteiger partial charge in [0.2, 0.25) is 0 Å². The van der Waals surface area contributed by atoms with Gasteiger partial charge in [-0.25, -0.2) is 9.18 Å². The summed E-state index contributed by atoms with van der Waals surface area (Å²) in [6.07, 6.45) is 0. The molecule has 0 fully saturated rings. The highest BCUT2D eigenvalue weighted by Gasteiger charge is 2.31. The molecule has 0 aromatic rings. The van der Waals surface area contributed by atoms with Crippen molar-refractivity contribution < 1.29 is 14.3 Å². The van der Waals surface area contributed by atoms with Gasteiger partial charge in [0, 0.05) is 0 Å². The van der Waals surface area contributed by atoms with Gasteiger partial charge in [0.25, 0.3) is 0 Å². The molecule has 7 heavy (non-hydrogen) atoms. The quantitative estimate of drug-likeness (QED) is 0.635. The largest absolute Gasteiger partial charge is 0.477 e. The minimum atomic E-state index is -2.80. The molecule has 0 rings (SSSR count). The van der Waals surface area contributed by atoms with E-state index in [0.717, 1.165) is 0 Å². The molecule has 0 saturated carbocycles. The summed E-state index contributed by atoms with van der Waals surface area (Å²) < 4.78 is 8.80. The molecule has 1 N–H and O–H groups in total. The molecule has 0 heterocycles. The third kappa shape index (κ3) is 2.82. The van der Waals surface area contributed by atoms with Crippen LogP contribution >= 0.6 is 27.5 Å². The molecule has 5 heteroatoms. The Kier molecular flexibility index (Phi) is 2.01. The number of alkyl halides is 3. The number of carboxylic acid groups (broad SMARTS) is 1. The van der Waals surface area contributed by atoms with Gasteiger partial charge in [-0.15, -0.1) is 0 Å². The summed E-state index contributed by atoms with van der Waals surface area (Å²) in [5, 5.41) is 7.70. The zero-order valence-corrected chi connectivity index (χ0v) is 5.33. The van der Waals surface area contributed by atoms with Crippen molar-refractivity contribution in [1.82, 2.24) is 0 Å². The highest BCUT2D eigenvalue weighted by Crippen LogP contribution is 2.24. The Hall–Kier alpha value is 0.170. The smallest absolute Gasteiger partial charge is 0.368 e. The molecule has 0 bridgehead atoms. The summed E-state index contributed by atoms with van der Waals surface area (Å²) >= 11 is 6.56. The fraction of sp³-hybridized carbons (Fsp3) is 0.500. The first-order valence-corrected chi connectivity index (χ1v) is 2.42. The summed E-state index contributed by atoms with van der Waals surface area (Å²) in [4.78, 5) is 9.47. The van der Waals surface area contributed by atoms with Gasteiger partial charge in [0.1, 0.15) is 0 Å². The maximum Gasteiger partial charge on any atom is 0.368 e. The van der Waals surface area contributed by atoms with E-state index in [2.05, 4.69) is 11.6 Å². The van der Waals surface area contributed by atoms with Gasteiger partial charge in [-0.05, 0) is 15.9 Å². The molecule has 0 aliphatic heterocycles. The number of aliphatic carboxylic acids is 1. The lowest BCUT2D eigenvalue weighted by atomic mass is 10.8. The lowest BCUT2D eigenvalue weighted by Crippen LogP contribution is -2.17. The van der Waals surface area contributed by atoms with E-state index in [1.807, 2.05) is 15.9 Å². The Labute approximate surface area is 52.4 Å². The van der Waals surface area contributed by atoms with E-state index < -0.39 is 10.0 Å². The molecule has 1 atom stereocenters. The van der Waals surface area contributed by atoms with Crippen molar-refractivity contribution in [2.75, 3.05) is 0 Å². The Morgan fingerprint density at radius 1 is 2.00 bits per heavy atom. The summed E-state index contributed by atoms with van der Waals surface area (Å²) in [6.45, 7) is 0. The lowest BCUT2D eigenvalue weighted by molar-refractivity contribution is -0.140. The van der Waals surface area contributed by atoms with Gasteiger partial charge in [0.05, 0.1) is 0 Å². The van der Waals surface area contributed by atoms with E-state index in [1.54, 1.807) is 0 Å². The highest BCUT2D eigenvalue weighted by atomic mass is 79.9. The summed E-state index contributed by atoms with van der Waals surface area (Å²) in [5.74, 6) is -1.74.